The average molecular weight is 276 g/mol. The number of hydrogen-bond acceptors (Lipinski definition) is 4. The molecule has 108 valence electrons. The summed E-state index contributed by atoms with van der Waals surface area (Å²) in [5.74, 6) is -0.0414. The Morgan fingerprint density at radius 1 is 1.50 bits per heavy atom. The van der Waals surface area contributed by atoms with Crippen molar-refractivity contribution in [2.75, 3.05) is 0 Å². The highest BCUT2D eigenvalue weighted by atomic mass is 16.5. The number of phenolic OH excluding ortho intramolecular Hbond substituents is 1. The third kappa shape index (κ3) is 2.84. The Morgan fingerprint density at radius 2 is 2.25 bits per heavy atom. The van der Waals surface area contributed by atoms with E-state index in [0.717, 1.165) is 30.3 Å². The van der Waals surface area contributed by atoms with Gasteiger partial charge in [0.15, 0.2) is 0 Å². The second-order valence-electron chi connectivity index (χ2n) is 5.46. The zero-order valence-corrected chi connectivity index (χ0v) is 11.9. The van der Waals surface area contributed by atoms with Gasteiger partial charge in [-0.3, -0.25) is 0 Å². The molecule has 1 aliphatic rings. The lowest BCUT2D eigenvalue weighted by Crippen LogP contribution is -2.28. The number of carbonyl (C=O) groups is 2. The number of hydrogen-bond donors (Lipinski definition) is 1. The van der Waals surface area contributed by atoms with Crippen molar-refractivity contribution in [2.45, 2.75) is 45.6 Å². The summed E-state index contributed by atoms with van der Waals surface area (Å²) in [4.78, 5) is 22.5. The predicted molar refractivity (Wildman–Crippen MR) is 74.9 cm³/mol. The van der Waals surface area contributed by atoms with E-state index >= 15 is 0 Å². The van der Waals surface area contributed by atoms with Crippen molar-refractivity contribution in [2.24, 2.45) is 5.92 Å². The Labute approximate surface area is 118 Å². The fourth-order valence-corrected chi connectivity index (χ4v) is 2.49. The van der Waals surface area contributed by atoms with Crippen LogP contribution in [0.1, 0.15) is 48.2 Å². The summed E-state index contributed by atoms with van der Waals surface area (Å²) in [5.41, 5.74) is 1.82. The SMILES string of the molecule is CC[C@H](C)Cc1ccc2c(c1O)C(=O)O[C@H](CC=O)C2. The van der Waals surface area contributed by atoms with Crippen LogP contribution in [0, 0.1) is 5.92 Å². The van der Waals surface area contributed by atoms with Gasteiger partial charge in [-0.1, -0.05) is 32.4 Å². The maximum atomic E-state index is 12.0. The molecular formula is C16H20O4. The molecule has 1 aromatic carbocycles. The van der Waals surface area contributed by atoms with Gasteiger partial charge in [0.25, 0.3) is 0 Å². The number of cyclic esters (lactones) is 1. The van der Waals surface area contributed by atoms with E-state index in [2.05, 4.69) is 13.8 Å². The Bertz CT molecular complexity index is 521. The lowest BCUT2D eigenvalue weighted by atomic mass is 9.91. The van der Waals surface area contributed by atoms with Gasteiger partial charge in [-0.25, -0.2) is 4.79 Å². The third-order valence-electron chi connectivity index (χ3n) is 3.90. The first-order chi connectivity index (χ1) is 9.56. The number of phenols is 1. The molecule has 0 spiro atoms. The number of carbonyl (C=O) groups excluding carboxylic acids is 2. The molecule has 0 radical (unpaired) electrons. The van der Waals surface area contributed by atoms with Gasteiger partial charge in [0.2, 0.25) is 0 Å². The van der Waals surface area contributed by atoms with Crippen LogP contribution >= 0.6 is 0 Å². The molecule has 0 amide bonds. The zero-order valence-electron chi connectivity index (χ0n) is 11.9. The van der Waals surface area contributed by atoms with E-state index < -0.39 is 12.1 Å². The van der Waals surface area contributed by atoms with Gasteiger partial charge in [-0.15, -0.1) is 0 Å². The molecule has 0 aromatic heterocycles. The topological polar surface area (TPSA) is 63.6 Å². The highest BCUT2D eigenvalue weighted by Gasteiger charge is 2.30. The van der Waals surface area contributed by atoms with E-state index in [-0.39, 0.29) is 17.7 Å². The lowest BCUT2D eigenvalue weighted by molar-refractivity contribution is -0.109. The molecule has 0 fully saturated rings. The Balaban J connectivity index is 2.31. The monoisotopic (exact) mass is 276 g/mol. The highest BCUT2D eigenvalue weighted by Crippen LogP contribution is 2.33. The molecule has 1 aliphatic heterocycles. The van der Waals surface area contributed by atoms with Gasteiger partial charge in [-0.2, -0.15) is 0 Å². The number of aromatic hydroxyl groups is 1. The number of ether oxygens (including phenoxy) is 1. The summed E-state index contributed by atoms with van der Waals surface area (Å²) in [5, 5.41) is 10.3. The molecule has 0 saturated heterocycles. The summed E-state index contributed by atoms with van der Waals surface area (Å²) in [6.07, 6.45) is 2.77. The van der Waals surface area contributed by atoms with Crippen LogP contribution in [0.15, 0.2) is 12.1 Å². The number of fused-ring (bicyclic) bond motifs is 1. The van der Waals surface area contributed by atoms with Crippen molar-refractivity contribution >= 4 is 12.3 Å². The minimum absolute atomic E-state index is 0.0392. The number of aldehydes is 1. The minimum atomic E-state index is -0.526. The molecule has 1 aromatic rings. The Kier molecular flexibility index (Phi) is 4.42. The largest absolute Gasteiger partial charge is 0.507 e. The number of esters is 1. The lowest BCUT2D eigenvalue weighted by Gasteiger charge is -2.25. The van der Waals surface area contributed by atoms with E-state index in [1.54, 1.807) is 0 Å². The van der Waals surface area contributed by atoms with E-state index in [0.29, 0.717) is 12.3 Å². The third-order valence-corrected chi connectivity index (χ3v) is 3.90. The van der Waals surface area contributed by atoms with Gasteiger partial charge in [-0.05, 0) is 23.5 Å². The average Bonchev–Trinajstić information content (AvgIpc) is 2.41. The molecule has 1 N–H and O–H groups in total. The van der Waals surface area contributed by atoms with E-state index in [9.17, 15) is 14.7 Å². The van der Waals surface area contributed by atoms with Crippen LogP contribution in [0.5, 0.6) is 5.75 Å². The minimum Gasteiger partial charge on any atom is -0.507 e. The van der Waals surface area contributed by atoms with Crippen molar-refractivity contribution in [1.82, 2.24) is 0 Å². The first-order valence-corrected chi connectivity index (χ1v) is 7.05. The highest BCUT2D eigenvalue weighted by molar-refractivity contribution is 5.95. The summed E-state index contributed by atoms with van der Waals surface area (Å²) in [6, 6.07) is 3.74. The van der Waals surface area contributed by atoms with Crippen LogP contribution in [-0.4, -0.2) is 23.5 Å². The van der Waals surface area contributed by atoms with Crippen LogP contribution < -0.4 is 0 Å². The summed E-state index contributed by atoms with van der Waals surface area (Å²) >= 11 is 0. The fraction of sp³-hybridized carbons (Fsp3) is 0.500. The maximum absolute atomic E-state index is 12.0. The van der Waals surface area contributed by atoms with Crippen molar-refractivity contribution in [3.8, 4) is 5.75 Å². The second-order valence-corrected chi connectivity index (χ2v) is 5.46. The normalized spacial score (nSPS) is 19.1. The molecular weight excluding hydrogens is 256 g/mol. The van der Waals surface area contributed by atoms with Crippen molar-refractivity contribution in [1.29, 1.82) is 0 Å². The molecule has 2 atom stereocenters. The van der Waals surface area contributed by atoms with E-state index in [1.807, 2.05) is 12.1 Å². The molecule has 1 heterocycles. The Hall–Kier alpha value is -1.84. The van der Waals surface area contributed by atoms with Crippen molar-refractivity contribution in [3.05, 3.63) is 28.8 Å². The van der Waals surface area contributed by atoms with Crippen LogP contribution in [0.25, 0.3) is 0 Å². The first kappa shape index (κ1) is 14.6. The molecule has 20 heavy (non-hydrogen) atoms. The molecule has 0 aliphatic carbocycles. The van der Waals surface area contributed by atoms with E-state index in [4.69, 9.17) is 4.74 Å². The molecule has 0 bridgehead atoms. The summed E-state index contributed by atoms with van der Waals surface area (Å²) < 4.78 is 5.19. The quantitative estimate of drug-likeness (QED) is 0.663. The summed E-state index contributed by atoms with van der Waals surface area (Å²) in [6.45, 7) is 4.20. The van der Waals surface area contributed by atoms with Crippen LogP contribution in [0.3, 0.4) is 0 Å². The summed E-state index contributed by atoms with van der Waals surface area (Å²) in [7, 11) is 0. The zero-order chi connectivity index (χ0) is 14.7. The number of benzene rings is 1. The van der Waals surface area contributed by atoms with Gasteiger partial charge >= 0.3 is 5.97 Å². The van der Waals surface area contributed by atoms with Crippen LogP contribution in [0.2, 0.25) is 0 Å². The molecule has 4 heteroatoms. The maximum Gasteiger partial charge on any atom is 0.342 e. The van der Waals surface area contributed by atoms with Gasteiger partial charge in [0.1, 0.15) is 23.7 Å². The fourth-order valence-electron chi connectivity index (χ4n) is 2.49. The Morgan fingerprint density at radius 3 is 2.90 bits per heavy atom. The number of rotatable bonds is 5. The second kappa shape index (κ2) is 6.07. The van der Waals surface area contributed by atoms with Crippen LogP contribution in [0.4, 0.5) is 0 Å². The smallest absolute Gasteiger partial charge is 0.342 e. The standard InChI is InChI=1S/C16H20O4/c1-3-10(2)8-12-5-4-11-9-13(6-7-17)20-16(19)14(11)15(12)18/h4-5,7,10,13,18H,3,6,8-9H2,1-2H3/t10-,13+/m0/s1. The molecule has 2 rings (SSSR count). The molecule has 0 unspecified atom stereocenters. The predicted octanol–water partition coefficient (Wildman–Crippen LogP) is 2.65. The van der Waals surface area contributed by atoms with E-state index in [1.165, 1.54) is 0 Å². The van der Waals surface area contributed by atoms with Crippen molar-refractivity contribution < 1.29 is 19.4 Å². The first-order valence-electron chi connectivity index (χ1n) is 7.05. The molecule has 4 nitrogen and oxygen atoms in total. The van der Waals surface area contributed by atoms with Gasteiger partial charge in [0, 0.05) is 12.8 Å². The van der Waals surface area contributed by atoms with Gasteiger partial charge < -0.3 is 14.6 Å². The van der Waals surface area contributed by atoms with Crippen LogP contribution in [-0.2, 0) is 22.4 Å². The van der Waals surface area contributed by atoms with Gasteiger partial charge in [0.05, 0.1) is 0 Å². The molecule has 0 saturated carbocycles. The van der Waals surface area contributed by atoms with Crippen molar-refractivity contribution in [3.63, 3.8) is 0 Å².